The molecule has 18 heavy (non-hydrogen) atoms. The Morgan fingerprint density at radius 3 is 2.06 bits per heavy atom. The van der Waals surface area contributed by atoms with Crippen molar-refractivity contribution in [1.82, 2.24) is 0 Å². The minimum Gasteiger partial charge on any atom is -0.392 e. The Balaban J connectivity index is 2.06. The smallest absolute Gasteiger partial charge is 0.0621 e. The van der Waals surface area contributed by atoms with Gasteiger partial charge in [0.1, 0.15) is 0 Å². The zero-order chi connectivity index (χ0) is 13.0. The second-order valence-corrected chi connectivity index (χ2v) is 4.92. The third-order valence-electron chi connectivity index (χ3n) is 3.40. The number of benzene rings is 2. The third kappa shape index (κ3) is 3.21. The minimum atomic E-state index is -0.313. The lowest BCUT2D eigenvalue weighted by Crippen LogP contribution is -2.15. The summed E-state index contributed by atoms with van der Waals surface area (Å²) in [6.07, 6.45) is 1.13. The molecule has 1 N–H and O–H groups in total. The van der Waals surface area contributed by atoms with Gasteiger partial charge in [-0.2, -0.15) is 0 Å². The molecule has 1 unspecified atom stereocenters. The Kier molecular flexibility index (Phi) is 4.16. The molecule has 1 atom stereocenters. The maximum atomic E-state index is 10.2. The lowest BCUT2D eigenvalue weighted by Gasteiger charge is -2.15. The first-order chi connectivity index (χ1) is 8.66. The lowest BCUT2D eigenvalue weighted by molar-refractivity contribution is 0.175. The molecule has 0 saturated carbocycles. The van der Waals surface area contributed by atoms with Gasteiger partial charge in [0, 0.05) is 0 Å². The molecule has 1 heteroatoms. The highest BCUT2D eigenvalue weighted by Gasteiger charge is 2.10. The highest BCUT2D eigenvalue weighted by atomic mass is 16.3. The summed E-state index contributed by atoms with van der Waals surface area (Å²) in [5, 5.41) is 10.2. The minimum absolute atomic E-state index is 0.313. The summed E-state index contributed by atoms with van der Waals surface area (Å²) in [6, 6.07) is 16.4. The molecule has 0 fully saturated rings. The fourth-order valence-electron chi connectivity index (χ4n) is 2.36. The molecule has 2 rings (SSSR count). The summed E-state index contributed by atoms with van der Waals surface area (Å²) in [5.74, 6) is 0. The number of aliphatic hydroxyl groups excluding tert-OH is 1. The van der Waals surface area contributed by atoms with E-state index in [9.17, 15) is 5.11 Å². The van der Waals surface area contributed by atoms with Crippen LogP contribution in [0, 0.1) is 13.8 Å². The van der Waals surface area contributed by atoms with Gasteiger partial charge in [-0.1, -0.05) is 48.5 Å². The molecule has 0 aliphatic carbocycles. The predicted molar refractivity (Wildman–Crippen MR) is 75.8 cm³/mol. The van der Waals surface area contributed by atoms with Crippen molar-refractivity contribution in [2.75, 3.05) is 0 Å². The molecule has 0 amide bonds. The first-order valence-electron chi connectivity index (χ1n) is 6.44. The Bertz CT molecular complexity index is 482. The molecule has 0 heterocycles. The van der Waals surface area contributed by atoms with Gasteiger partial charge in [-0.3, -0.25) is 0 Å². The molecule has 94 valence electrons. The van der Waals surface area contributed by atoms with E-state index in [1.807, 2.05) is 18.2 Å². The number of hydrogen-bond acceptors (Lipinski definition) is 1. The predicted octanol–water partition coefficient (Wildman–Crippen LogP) is 3.45. The van der Waals surface area contributed by atoms with E-state index >= 15 is 0 Å². The SMILES string of the molecule is Cc1cccc(C)c1CC(O)Cc1ccccc1. The Morgan fingerprint density at radius 1 is 0.833 bits per heavy atom. The van der Waals surface area contributed by atoms with Gasteiger partial charge in [-0.05, 0) is 48.9 Å². The molecular formula is C17H20O. The fourth-order valence-corrected chi connectivity index (χ4v) is 2.36. The van der Waals surface area contributed by atoms with Crippen LogP contribution in [0.2, 0.25) is 0 Å². The zero-order valence-electron chi connectivity index (χ0n) is 11.1. The number of hydrogen-bond donors (Lipinski definition) is 1. The van der Waals surface area contributed by atoms with Crippen LogP contribution in [0.5, 0.6) is 0 Å². The van der Waals surface area contributed by atoms with E-state index in [1.165, 1.54) is 22.3 Å². The van der Waals surface area contributed by atoms with Crippen LogP contribution in [-0.2, 0) is 12.8 Å². The van der Waals surface area contributed by atoms with Crippen LogP contribution in [0.1, 0.15) is 22.3 Å². The second kappa shape index (κ2) is 5.83. The van der Waals surface area contributed by atoms with E-state index in [0.29, 0.717) is 6.42 Å². The van der Waals surface area contributed by atoms with Gasteiger partial charge in [-0.25, -0.2) is 0 Å². The third-order valence-corrected chi connectivity index (χ3v) is 3.40. The Labute approximate surface area is 109 Å². The molecular weight excluding hydrogens is 220 g/mol. The standard InChI is InChI=1S/C17H20O/c1-13-7-6-8-14(2)17(13)12-16(18)11-15-9-4-3-5-10-15/h3-10,16,18H,11-12H2,1-2H3. The molecule has 0 radical (unpaired) electrons. The van der Waals surface area contributed by atoms with Crippen molar-refractivity contribution in [2.24, 2.45) is 0 Å². The maximum absolute atomic E-state index is 10.2. The molecule has 2 aromatic carbocycles. The summed E-state index contributed by atoms with van der Waals surface area (Å²) >= 11 is 0. The van der Waals surface area contributed by atoms with Gasteiger partial charge in [0.25, 0.3) is 0 Å². The largest absolute Gasteiger partial charge is 0.392 e. The average Bonchev–Trinajstić information content (AvgIpc) is 2.35. The van der Waals surface area contributed by atoms with E-state index in [-0.39, 0.29) is 6.10 Å². The van der Waals surface area contributed by atoms with Crippen molar-refractivity contribution in [2.45, 2.75) is 32.8 Å². The molecule has 0 spiro atoms. The van der Waals surface area contributed by atoms with E-state index in [1.54, 1.807) is 0 Å². The van der Waals surface area contributed by atoms with Crippen molar-refractivity contribution in [3.05, 3.63) is 70.8 Å². The Hall–Kier alpha value is -1.60. The van der Waals surface area contributed by atoms with Crippen molar-refractivity contribution < 1.29 is 5.11 Å². The van der Waals surface area contributed by atoms with Gasteiger partial charge in [0.15, 0.2) is 0 Å². The van der Waals surface area contributed by atoms with Crippen LogP contribution >= 0.6 is 0 Å². The summed E-state index contributed by atoms with van der Waals surface area (Å²) in [4.78, 5) is 0. The van der Waals surface area contributed by atoms with Crippen LogP contribution in [0.3, 0.4) is 0 Å². The van der Waals surface area contributed by atoms with Crippen LogP contribution < -0.4 is 0 Å². The van der Waals surface area contributed by atoms with Gasteiger partial charge < -0.3 is 5.11 Å². The number of rotatable bonds is 4. The van der Waals surface area contributed by atoms with E-state index < -0.39 is 0 Å². The molecule has 0 bridgehead atoms. The van der Waals surface area contributed by atoms with E-state index in [2.05, 4.69) is 44.2 Å². The van der Waals surface area contributed by atoms with Crippen LogP contribution in [0.4, 0.5) is 0 Å². The lowest BCUT2D eigenvalue weighted by atomic mass is 9.95. The molecule has 2 aromatic rings. The summed E-state index contributed by atoms with van der Waals surface area (Å²) < 4.78 is 0. The van der Waals surface area contributed by atoms with Crippen LogP contribution in [0.15, 0.2) is 48.5 Å². The molecule has 0 aliphatic heterocycles. The molecule has 1 nitrogen and oxygen atoms in total. The second-order valence-electron chi connectivity index (χ2n) is 4.92. The number of aliphatic hydroxyl groups is 1. The number of aryl methyl sites for hydroxylation is 2. The quantitative estimate of drug-likeness (QED) is 0.868. The topological polar surface area (TPSA) is 20.2 Å². The highest BCUT2D eigenvalue weighted by Crippen LogP contribution is 2.17. The van der Waals surface area contributed by atoms with Gasteiger partial charge >= 0.3 is 0 Å². The van der Waals surface area contributed by atoms with E-state index in [4.69, 9.17) is 0 Å². The van der Waals surface area contributed by atoms with Crippen LogP contribution in [-0.4, -0.2) is 11.2 Å². The monoisotopic (exact) mass is 240 g/mol. The first-order valence-corrected chi connectivity index (χ1v) is 6.44. The summed E-state index contributed by atoms with van der Waals surface area (Å²) in [7, 11) is 0. The first kappa shape index (κ1) is 12.8. The highest BCUT2D eigenvalue weighted by molar-refractivity contribution is 5.34. The maximum Gasteiger partial charge on any atom is 0.0621 e. The van der Waals surface area contributed by atoms with Crippen molar-refractivity contribution in [3.8, 4) is 0 Å². The zero-order valence-corrected chi connectivity index (χ0v) is 11.1. The van der Waals surface area contributed by atoms with Gasteiger partial charge in [-0.15, -0.1) is 0 Å². The summed E-state index contributed by atoms with van der Waals surface area (Å²) in [6.45, 7) is 4.22. The van der Waals surface area contributed by atoms with E-state index in [0.717, 1.165) is 6.42 Å². The van der Waals surface area contributed by atoms with Crippen molar-refractivity contribution >= 4 is 0 Å². The molecule has 0 aromatic heterocycles. The molecule has 0 aliphatic rings. The molecule has 0 saturated heterocycles. The average molecular weight is 240 g/mol. The normalized spacial score (nSPS) is 12.4. The van der Waals surface area contributed by atoms with Crippen molar-refractivity contribution in [3.63, 3.8) is 0 Å². The van der Waals surface area contributed by atoms with Gasteiger partial charge in [0.2, 0.25) is 0 Å². The Morgan fingerprint density at radius 2 is 1.44 bits per heavy atom. The fraction of sp³-hybridized carbons (Fsp3) is 0.294. The van der Waals surface area contributed by atoms with Crippen molar-refractivity contribution in [1.29, 1.82) is 0 Å². The van der Waals surface area contributed by atoms with Gasteiger partial charge in [0.05, 0.1) is 6.10 Å². The van der Waals surface area contributed by atoms with Crippen LogP contribution in [0.25, 0.3) is 0 Å². The summed E-state index contributed by atoms with van der Waals surface area (Å²) in [5.41, 5.74) is 5.00.